The predicted octanol–water partition coefficient (Wildman–Crippen LogP) is 2.09. The van der Waals surface area contributed by atoms with Gasteiger partial charge in [-0.15, -0.1) is 0 Å². The number of ether oxygens (including phenoxy) is 1. The number of rotatable bonds is 1. The Morgan fingerprint density at radius 3 is 2.73 bits per heavy atom. The summed E-state index contributed by atoms with van der Waals surface area (Å²) < 4.78 is 14.1. The molecule has 6 heteroatoms. The van der Waals surface area contributed by atoms with Crippen LogP contribution in [0.5, 0.6) is 0 Å². The number of amides is 1. The first-order valence-corrected chi connectivity index (χ1v) is 6.11. The average Bonchev–Trinajstić information content (AvgIpc) is 2.63. The molecule has 1 heterocycles. The molecule has 1 amide bonds. The summed E-state index contributed by atoms with van der Waals surface area (Å²) in [6.45, 7) is 1.77. The van der Waals surface area contributed by atoms with Gasteiger partial charge in [-0.05, 0) is 42.0 Å². The van der Waals surface area contributed by atoms with Gasteiger partial charge in [-0.3, -0.25) is 4.79 Å². The van der Waals surface area contributed by atoms with Crippen molar-refractivity contribution in [2.45, 2.75) is 6.92 Å². The number of methoxy groups -OCH3 is 1. The van der Waals surface area contributed by atoms with Crippen LogP contribution in [0.15, 0.2) is 20.9 Å². The molecule has 0 N–H and O–H groups in total. The highest BCUT2D eigenvalue weighted by Gasteiger charge is 2.10. The van der Waals surface area contributed by atoms with Crippen LogP contribution in [0.25, 0.3) is 0 Å². The molecule has 0 saturated heterocycles. The zero-order valence-electron chi connectivity index (χ0n) is 8.64. The molecule has 0 saturated carbocycles. The van der Waals surface area contributed by atoms with Crippen LogP contribution in [-0.2, 0) is 15.4 Å². The van der Waals surface area contributed by atoms with Crippen LogP contribution in [0.4, 0.5) is 0 Å². The minimum Gasteiger partial charge on any atom is -0.481 e. The SMILES string of the molecule is COC(=S)S(C)=NC(=O)c1ccc(C)o1. The van der Waals surface area contributed by atoms with Crippen molar-refractivity contribution in [1.29, 1.82) is 0 Å². The highest BCUT2D eigenvalue weighted by molar-refractivity contribution is 8.13. The monoisotopic (exact) mass is 245 g/mol. The highest BCUT2D eigenvalue weighted by Crippen LogP contribution is 2.08. The number of hydrogen-bond donors (Lipinski definition) is 0. The first-order chi connectivity index (χ1) is 7.04. The smallest absolute Gasteiger partial charge is 0.318 e. The minimum atomic E-state index is -0.711. The van der Waals surface area contributed by atoms with Crippen LogP contribution in [-0.4, -0.2) is 23.7 Å². The summed E-state index contributed by atoms with van der Waals surface area (Å²) in [7, 11) is 0.750. The predicted molar refractivity (Wildman–Crippen MR) is 63.1 cm³/mol. The zero-order valence-corrected chi connectivity index (χ0v) is 10.3. The van der Waals surface area contributed by atoms with Crippen LogP contribution in [0.2, 0.25) is 0 Å². The minimum absolute atomic E-state index is 0.228. The van der Waals surface area contributed by atoms with Crippen LogP contribution in [0, 0.1) is 6.92 Å². The second-order valence-corrected chi connectivity index (χ2v) is 4.88. The Labute approximate surface area is 95.7 Å². The quantitative estimate of drug-likeness (QED) is 0.711. The summed E-state index contributed by atoms with van der Waals surface area (Å²) in [5.74, 6) is 0.498. The summed E-state index contributed by atoms with van der Waals surface area (Å²) in [6.07, 6.45) is 1.72. The van der Waals surface area contributed by atoms with Gasteiger partial charge in [0, 0.05) is 6.26 Å². The first-order valence-electron chi connectivity index (χ1n) is 4.11. The Balaban J connectivity index is 2.83. The van der Waals surface area contributed by atoms with Crippen molar-refractivity contribution < 1.29 is 13.9 Å². The molecule has 1 rings (SSSR count). The van der Waals surface area contributed by atoms with Gasteiger partial charge in [0.15, 0.2) is 5.76 Å². The molecule has 0 spiro atoms. The molecular weight excluding hydrogens is 234 g/mol. The van der Waals surface area contributed by atoms with E-state index in [-0.39, 0.29) is 5.76 Å². The van der Waals surface area contributed by atoms with Crippen molar-refractivity contribution >= 4 is 33.2 Å². The maximum absolute atomic E-state index is 11.5. The topological polar surface area (TPSA) is 51.8 Å². The van der Waals surface area contributed by atoms with Gasteiger partial charge in [0.05, 0.1) is 7.11 Å². The van der Waals surface area contributed by atoms with Crippen molar-refractivity contribution in [3.8, 4) is 0 Å². The Bertz CT molecular complexity index is 423. The van der Waals surface area contributed by atoms with Crippen molar-refractivity contribution in [2.75, 3.05) is 13.4 Å². The summed E-state index contributed by atoms with van der Waals surface area (Å²) in [5.41, 5.74) is 0. The van der Waals surface area contributed by atoms with Gasteiger partial charge in [-0.1, -0.05) is 0 Å². The number of carbonyl (C=O) groups excluding carboxylic acids is 1. The van der Waals surface area contributed by atoms with Crippen LogP contribution in [0.3, 0.4) is 0 Å². The van der Waals surface area contributed by atoms with E-state index < -0.39 is 16.6 Å². The molecule has 1 unspecified atom stereocenters. The molecule has 0 fully saturated rings. The first kappa shape index (κ1) is 12.1. The lowest BCUT2D eigenvalue weighted by atomic mass is 10.4. The number of furan rings is 1. The zero-order chi connectivity index (χ0) is 11.4. The third-order valence-corrected chi connectivity index (χ3v) is 3.56. The van der Waals surface area contributed by atoms with Crippen molar-refractivity contribution in [3.05, 3.63) is 23.7 Å². The van der Waals surface area contributed by atoms with E-state index in [9.17, 15) is 4.79 Å². The molecular formula is C9H11NO3S2. The summed E-state index contributed by atoms with van der Waals surface area (Å²) >= 11 is 4.87. The molecule has 0 aromatic carbocycles. The van der Waals surface area contributed by atoms with E-state index in [0.29, 0.717) is 10.1 Å². The standard InChI is InChI=1S/C9H11NO3S2/c1-6-4-5-7(13-6)8(11)10-15(3)9(14)12-2/h4-5H,1-3H3. The number of thiocarbonyl (C=S) groups is 1. The number of nitrogens with zero attached hydrogens (tertiary/aromatic N) is 1. The van der Waals surface area contributed by atoms with Gasteiger partial charge >= 0.3 is 5.91 Å². The molecule has 4 nitrogen and oxygen atoms in total. The van der Waals surface area contributed by atoms with Crippen molar-refractivity contribution in [1.82, 2.24) is 0 Å². The summed E-state index contributed by atoms with van der Waals surface area (Å²) in [6, 6.07) is 3.30. The van der Waals surface area contributed by atoms with E-state index in [4.69, 9.17) is 21.4 Å². The maximum atomic E-state index is 11.5. The van der Waals surface area contributed by atoms with Crippen LogP contribution in [0.1, 0.15) is 16.3 Å². The third-order valence-electron chi connectivity index (χ3n) is 1.58. The van der Waals surface area contributed by atoms with Gasteiger partial charge in [0.25, 0.3) is 0 Å². The summed E-state index contributed by atoms with van der Waals surface area (Å²) in [4.78, 5) is 11.5. The van der Waals surface area contributed by atoms with Gasteiger partial charge in [0.2, 0.25) is 4.38 Å². The molecule has 0 aliphatic rings. The lowest BCUT2D eigenvalue weighted by Crippen LogP contribution is -2.06. The van der Waals surface area contributed by atoms with Gasteiger partial charge in [0.1, 0.15) is 5.76 Å². The van der Waals surface area contributed by atoms with Crippen molar-refractivity contribution in [3.63, 3.8) is 0 Å². The second-order valence-electron chi connectivity index (χ2n) is 2.74. The van der Waals surface area contributed by atoms with E-state index in [1.165, 1.54) is 7.11 Å². The maximum Gasteiger partial charge on any atom is 0.318 e. The molecule has 0 aliphatic carbocycles. The van der Waals surface area contributed by atoms with Gasteiger partial charge in [-0.25, -0.2) is 0 Å². The van der Waals surface area contributed by atoms with E-state index >= 15 is 0 Å². The van der Waals surface area contributed by atoms with E-state index in [1.807, 2.05) is 0 Å². The molecule has 82 valence electrons. The fraction of sp³-hybridized carbons (Fsp3) is 0.333. The molecule has 15 heavy (non-hydrogen) atoms. The molecule has 0 bridgehead atoms. The fourth-order valence-electron chi connectivity index (χ4n) is 0.877. The largest absolute Gasteiger partial charge is 0.481 e. The molecule has 1 aromatic heterocycles. The van der Waals surface area contributed by atoms with Crippen LogP contribution < -0.4 is 0 Å². The normalized spacial score (nSPS) is 12.5. The van der Waals surface area contributed by atoms with E-state index in [0.717, 1.165) is 0 Å². The van der Waals surface area contributed by atoms with E-state index in [2.05, 4.69) is 4.36 Å². The highest BCUT2D eigenvalue weighted by atomic mass is 32.2. The number of hydrogen-bond acceptors (Lipinski definition) is 4. The lowest BCUT2D eigenvalue weighted by Gasteiger charge is -2.00. The third kappa shape index (κ3) is 3.24. The Morgan fingerprint density at radius 2 is 2.27 bits per heavy atom. The Kier molecular flexibility index (Phi) is 4.16. The number of carbonyl (C=O) groups is 1. The van der Waals surface area contributed by atoms with Gasteiger partial charge in [-0.2, -0.15) is 4.36 Å². The van der Waals surface area contributed by atoms with Gasteiger partial charge < -0.3 is 9.15 Å². The molecule has 1 atom stereocenters. The lowest BCUT2D eigenvalue weighted by molar-refractivity contribution is 0.0978. The fourth-order valence-corrected chi connectivity index (χ4v) is 1.64. The second kappa shape index (κ2) is 5.18. The Morgan fingerprint density at radius 1 is 1.60 bits per heavy atom. The van der Waals surface area contributed by atoms with E-state index in [1.54, 1.807) is 25.3 Å². The molecule has 0 aliphatic heterocycles. The van der Waals surface area contributed by atoms with Crippen LogP contribution >= 0.6 is 12.2 Å². The molecule has 0 radical (unpaired) electrons. The number of aryl methyl sites for hydroxylation is 1. The summed E-state index contributed by atoms with van der Waals surface area (Å²) in [5, 5.41) is 0. The van der Waals surface area contributed by atoms with Crippen molar-refractivity contribution in [2.24, 2.45) is 4.36 Å². The average molecular weight is 245 g/mol. The Hall–Kier alpha value is -1.01. The molecule has 1 aromatic rings.